The Bertz CT molecular complexity index is 540. The van der Waals surface area contributed by atoms with Gasteiger partial charge in [-0.3, -0.25) is 4.79 Å². The summed E-state index contributed by atoms with van der Waals surface area (Å²) in [7, 11) is 0. The number of aromatic nitrogens is 1. The van der Waals surface area contributed by atoms with Crippen molar-refractivity contribution in [1.29, 1.82) is 0 Å². The first-order valence-electron chi connectivity index (χ1n) is 8.92. The van der Waals surface area contributed by atoms with Crippen LogP contribution in [0.25, 0.3) is 0 Å². The number of pyridine rings is 1. The molecule has 126 valence electrons. The second kappa shape index (κ2) is 6.87. The topological polar surface area (TPSA) is 57.3 Å². The van der Waals surface area contributed by atoms with E-state index in [1.807, 2.05) is 12.1 Å². The predicted octanol–water partition coefficient (Wildman–Crippen LogP) is 2.65. The second-order valence-electron chi connectivity index (χ2n) is 6.76. The Labute approximate surface area is 138 Å². The minimum Gasteiger partial charge on any atom is -0.357 e. The number of carbonyl (C=O) groups is 1. The van der Waals surface area contributed by atoms with E-state index in [0.717, 1.165) is 50.5 Å². The molecule has 2 atom stereocenters. The molecule has 23 heavy (non-hydrogen) atoms. The normalized spacial score (nSPS) is 26.6. The molecule has 1 aliphatic carbocycles. The molecule has 0 aromatic carbocycles. The summed E-state index contributed by atoms with van der Waals surface area (Å²) >= 11 is 0. The van der Waals surface area contributed by atoms with E-state index in [9.17, 15) is 4.79 Å². The van der Waals surface area contributed by atoms with Gasteiger partial charge in [-0.25, -0.2) is 4.98 Å². The fourth-order valence-electron chi connectivity index (χ4n) is 4.14. The highest BCUT2D eigenvalue weighted by molar-refractivity contribution is 5.96. The van der Waals surface area contributed by atoms with Crippen LogP contribution in [0.3, 0.4) is 0 Å². The zero-order valence-corrected chi connectivity index (χ0v) is 14.3. The molecule has 0 unspecified atom stereocenters. The number of carbonyl (C=O) groups excluding carboxylic acids is 1. The van der Waals surface area contributed by atoms with E-state index in [0.29, 0.717) is 5.92 Å². The van der Waals surface area contributed by atoms with Crippen LogP contribution in [-0.4, -0.2) is 37.1 Å². The molecular formula is C18H28N4O. The van der Waals surface area contributed by atoms with Crippen molar-refractivity contribution in [3.05, 3.63) is 18.3 Å². The van der Waals surface area contributed by atoms with E-state index < -0.39 is 0 Å². The minimum atomic E-state index is -0.213. The largest absolute Gasteiger partial charge is 0.357 e. The Morgan fingerprint density at radius 3 is 2.91 bits per heavy atom. The van der Waals surface area contributed by atoms with Crippen LogP contribution < -0.4 is 15.5 Å². The number of hydrogen-bond donors (Lipinski definition) is 2. The van der Waals surface area contributed by atoms with E-state index in [-0.39, 0.29) is 11.3 Å². The first-order valence-corrected chi connectivity index (χ1v) is 8.92. The SMILES string of the molecule is CCN(CC)c1ccc(NC(=O)[C@@]23CCCC[C@H]2CNC3)cn1. The van der Waals surface area contributed by atoms with Crippen LogP contribution >= 0.6 is 0 Å². The van der Waals surface area contributed by atoms with Crippen LogP contribution in [0.15, 0.2) is 18.3 Å². The zero-order chi connectivity index (χ0) is 16.3. The lowest BCUT2D eigenvalue weighted by atomic mass is 9.67. The van der Waals surface area contributed by atoms with Crippen molar-refractivity contribution in [3.63, 3.8) is 0 Å². The van der Waals surface area contributed by atoms with Crippen molar-refractivity contribution in [2.45, 2.75) is 39.5 Å². The monoisotopic (exact) mass is 316 g/mol. The molecule has 5 heteroatoms. The molecule has 0 radical (unpaired) electrons. The van der Waals surface area contributed by atoms with E-state index in [1.54, 1.807) is 6.20 Å². The van der Waals surface area contributed by atoms with E-state index in [2.05, 4.69) is 34.4 Å². The van der Waals surface area contributed by atoms with Crippen molar-refractivity contribution >= 4 is 17.4 Å². The molecular weight excluding hydrogens is 288 g/mol. The minimum absolute atomic E-state index is 0.171. The maximum absolute atomic E-state index is 12.9. The number of anilines is 2. The summed E-state index contributed by atoms with van der Waals surface area (Å²) in [4.78, 5) is 19.6. The number of rotatable bonds is 5. The third-order valence-electron chi connectivity index (χ3n) is 5.58. The molecule has 1 saturated heterocycles. The standard InChI is InChI=1S/C18H28N4O/c1-3-22(4-2)16-9-8-15(12-20-16)21-17(23)18-10-6-5-7-14(18)11-19-13-18/h8-9,12,14,19H,3-7,10-11,13H2,1-2H3,(H,21,23)/t14-,18+/m0/s1. The van der Waals surface area contributed by atoms with Gasteiger partial charge in [-0.1, -0.05) is 12.8 Å². The molecule has 1 aromatic heterocycles. The number of hydrogen-bond acceptors (Lipinski definition) is 4. The molecule has 0 bridgehead atoms. The van der Waals surface area contributed by atoms with Crippen LogP contribution in [-0.2, 0) is 4.79 Å². The molecule has 2 N–H and O–H groups in total. The van der Waals surface area contributed by atoms with Crippen LogP contribution in [0.4, 0.5) is 11.5 Å². The summed E-state index contributed by atoms with van der Waals surface area (Å²) in [5.74, 6) is 1.62. The lowest BCUT2D eigenvalue weighted by Crippen LogP contribution is -2.44. The number of fused-ring (bicyclic) bond motifs is 1. The fourth-order valence-corrected chi connectivity index (χ4v) is 4.14. The number of amides is 1. The first kappa shape index (κ1) is 16.2. The van der Waals surface area contributed by atoms with E-state index in [4.69, 9.17) is 0 Å². The maximum Gasteiger partial charge on any atom is 0.232 e. The molecule has 2 heterocycles. The number of nitrogens with one attached hydrogen (secondary N) is 2. The van der Waals surface area contributed by atoms with Crippen molar-refractivity contribution in [2.75, 3.05) is 36.4 Å². The quantitative estimate of drug-likeness (QED) is 0.877. The van der Waals surface area contributed by atoms with Gasteiger partial charge in [0.05, 0.1) is 17.3 Å². The number of nitrogens with zero attached hydrogens (tertiary/aromatic N) is 2. The van der Waals surface area contributed by atoms with Gasteiger partial charge in [0.1, 0.15) is 5.82 Å². The third kappa shape index (κ3) is 3.07. The molecule has 2 fully saturated rings. The summed E-state index contributed by atoms with van der Waals surface area (Å²) in [6.07, 6.45) is 6.36. The van der Waals surface area contributed by atoms with Crippen LogP contribution in [0.5, 0.6) is 0 Å². The fraction of sp³-hybridized carbons (Fsp3) is 0.667. The van der Waals surface area contributed by atoms with Gasteiger partial charge in [0.2, 0.25) is 5.91 Å². The van der Waals surface area contributed by atoms with Crippen LogP contribution in [0.2, 0.25) is 0 Å². The maximum atomic E-state index is 12.9. The van der Waals surface area contributed by atoms with Gasteiger partial charge < -0.3 is 15.5 Å². The van der Waals surface area contributed by atoms with Gasteiger partial charge in [-0.05, 0) is 51.3 Å². The van der Waals surface area contributed by atoms with Crippen molar-refractivity contribution < 1.29 is 4.79 Å². The second-order valence-corrected chi connectivity index (χ2v) is 6.76. The average Bonchev–Trinajstić information content (AvgIpc) is 3.03. The molecule has 2 aliphatic rings. The summed E-state index contributed by atoms with van der Waals surface area (Å²) in [5.41, 5.74) is 0.590. The van der Waals surface area contributed by atoms with Crippen molar-refractivity contribution in [3.8, 4) is 0 Å². The van der Waals surface area contributed by atoms with Gasteiger partial charge in [-0.15, -0.1) is 0 Å². The highest BCUT2D eigenvalue weighted by Gasteiger charge is 2.49. The predicted molar refractivity (Wildman–Crippen MR) is 93.7 cm³/mol. The lowest BCUT2D eigenvalue weighted by Gasteiger charge is -2.37. The van der Waals surface area contributed by atoms with Gasteiger partial charge >= 0.3 is 0 Å². The molecule has 1 amide bonds. The summed E-state index contributed by atoms with van der Waals surface area (Å²) < 4.78 is 0. The Morgan fingerprint density at radius 1 is 1.39 bits per heavy atom. The van der Waals surface area contributed by atoms with Gasteiger partial charge in [0, 0.05) is 19.6 Å². The van der Waals surface area contributed by atoms with E-state index >= 15 is 0 Å². The molecule has 1 aromatic rings. The highest BCUT2D eigenvalue weighted by atomic mass is 16.2. The average molecular weight is 316 g/mol. The van der Waals surface area contributed by atoms with Gasteiger partial charge in [0.15, 0.2) is 0 Å². The summed E-state index contributed by atoms with van der Waals surface area (Å²) in [6, 6.07) is 3.96. The highest BCUT2D eigenvalue weighted by Crippen LogP contribution is 2.44. The first-order chi connectivity index (χ1) is 11.2. The molecule has 1 aliphatic heterocycles. The Balaban J connectivity index is 1.70. The van der Waals surface area contributed by atoms with Crippen LogP contribution in [0, 0.1) is 11.3 Å². The van der Waals surface area contributed by atoms with E-state index in [1.165, 1.54) is 12.8 Å². The van der Waals surface area contributed by atoms with Gasteiger partial charge in [-0.2, -0.15) is 0 Å². The molecule has 0 spiro atoms. The summed E-state index contributed by atoms with van der Waals surface area (Å²) in [6.45, 7) is 7.91. The third-order valence-corrected chi connectivity index (χ3v) is 5.58. The molecule has 1 saturated carbocycles. The smallest absolute Gasteiger partial charge is 0.232 e. The van der Waals surface area contributed by atoms with Crippen LogP contribution in [0.1, 0.15) is 39.5 Å². The lowest BCUT2D eigenvalue weighted by molar-refractivity contribution is -0.128. The Hall–Kier alpha value is -1.62. The Kier molecular flexibility index (Phi) is 4.85. The van der Waals surface area contributed by atoms with Crippen molar-refractivity contribution in [1.82, 2.24) is 10.3 Å². The molecule has 3 rings (SSSR count). The molecule has 5 nitrogen and oxygen atoms in total. The van der Waals surface area contributed by atoms with Crippen molar-refractivity contribution in [2.24, 2.45) is 11.3 Å². The zero-order valence-electron chi connectivity index (χ0n) is 14.3. The Morgan fingerprint density at radius 2 is 2.22 bits per heavy atom. The summed E-state index contributed by atoms with van der Waals surface area (Å²) in [5, 5.41) is 6.54. The van der Waals surface area contributed by atoms with Gasteiger partial charge in [0.25, 0.3) is 0 Å².